The highest BCUT2D eigenvalue weighted by molar-refractivity contribution is 6.30. The smallest absolute Gasteiger partial charge is 0.275 e. The lowest BCUT2D eigenvalue weighted by molar-refractivity contribution is -0.115. The molecule has 6 heteroatoms. The Bertz CT molecular complexity index is 842. The predicted molar refractivity (Wildman–Crippen MR) is 93.7 cm³/mol. The molecule has 0 bridgehead atoms. The summed E-state index contributed by atoms with van der Waals surface area (Å²) < 4.78 is 10.5. The van der Waals surface area contributed by atoms with Gasteiger partial charge in [0.1, 0.15) is 23.0 Å². The Morgan fingerprint density at radius 1 is 1.08 bits per heavy atom. The molecule has 2 aromatic carbocycles. The summed E-state index contributed by atoms with van der Waals surface area (Å²) in [6.07, 6.45) is 1.67. The molecule has 0 radical (unpaired) electrons. The molecular weight excluding hydrogens is 328 g/mol. The zero-order chi connectivity index (χ0) is 17.1. The van der Waals surface area contributed by atoms with E-state index in [4.69, 9.17) is 21.1 Å². The molecule has 0 saturated heterocycles. The number of halogens is 1. The van der Waals surface area contributed by atoms with Gasteiger partial charge in [-0.05, 0) is 48.5 Å². The number of amidine groups is 1. The molecule has 122 valence electrons. The molecule has 1 aliphatic heterocycles. The lowest BCUT2D eigenvalue weighted by atomic mass is 10.1. The summed E-state index contributed by atoms with van der Waals surface area (Å²) in [6.45, 7) is 0. The average Bonchev–Trinajstić information content (AvgIpc) is 2.96. The standard InChI is InChI=1S/C18H15ClN2O3/c1-23-14-7-8-16(24-2)12(9-14)10-15-18(22)21-17(20-15)11-3-5-13(19)6-4-11/h3-10H,1-2H3,(H,20,21,22)/b15-10-. The maximum Gasteiger partial charge on any atom is 0.275 e. The van der Waals surface area contributed by atoms with Gasteiger partial charge in [0.15, 0.2) is 0 Å². The van der Waals surface area contributed by atoms with E-state index in [1.54, 1.807) is 62.8 Å². The van der Waals surface area contributed by atoms with Crippen molar-refractivity contribution in [3.8, 4) is 11.5 Å². The number of amides is 1. The van der Waals surface area contributed by atoms with E-state index in [1.807, 2.05) is 0 Å². The second-order valence-electron chi connectivity index (χ2n) is 5.06. The van der Waals surface area contributed by atoms with Crippen LogP contribution in [0.15, 0.2) is 53.2 Å². The number of carbonyl (C=O) groups excluding carboxylic acids is 1. The van der Waals surface area contributed by atoms with E-state index in [-0.39, 0.29) is 5.91 Å². The van der Waals surface area contributed by atoms with Crippen molar-refractivity contribution in [1.82, 2.24) is 5.32 Å². The molecule has 0 spiro atoms. The summed E-state index contributed by atoms with van der Waals surface area (Å²) in [6, 6.07) is 12.5. The number of nitrogens with zero attached hydrogens (tertiary/aromatic N) is 1. The fourth-order valence-corrected chi connectivity index (χ4v) is 2.44. The van der Waals surface area contributed by atoms with Gasteiger partial charge >= 0.3 is 0 Å². The number of benzene rings is 2. The first-order valence-electron chi connectivity index (χ1n) is 7.20. The number of rotatable bonds is 4. The van der Waals surface area contributed by atoms with Gasteiger partial charge in [-0.2, -0.15) is 0 Å². The largest absolute Gasteiger partial charge is 0.497 e. The third-order valence-corrected chi connectivity index (χ3v) is 3.80. The van der Waals surface area contributed by atoms with Crippen LogP contribution in [-0.2, 0) is 4.79 Å². The molecule has 1 amide bonds. The molecular formula is C18H15ClN2O3. The van der Waals surface area contributed by atoms with Gasteiger partial charge in [-0.25, -0.2) is 4.99 Å². The molecule has 0 aromatic heterocycles. The molecule has 0 atom stereocenters. The van der Waals surface area contributed by atoms with Gasteiger partial charge in [0, 0.05) is 16.1 Å². The third kappa shape index (κ3) is 3.26. The van der Waals surface area contributed by atoms with E-state index < -0.39 is 0 Å². The lowest BCUT2D eigenvalue weighted by Gasteiger charge is -2.07. The Kier molecular flexibility index (Phi) is 4.53. The van der Waals surface area contributed by atoms with Crippen molar-refractivity contribution in [2.24, 2.45) is 4.99 Å². The van der Waals surface area contributed by atoms with Gasteiger partial charge in [0.05, 0.1) is 14.2 Å². The van der Waals surface area contributed by atoms with Crippen LogP contribution in [0.1, 0.15) is 11.1 Å². The summed E-state index contributed by atoms with van der Waals surface area (Å²) in [5.74, 6) is 1.52. The molecule has 1 N–H and O–H groups in total. The Hall–Kier alpha value is -2.79. The summed E-state index contributed by atoms with van der Waals surface area (Å²) in [7, 11) is 3.15. The van der Waals surface area contributed by atoms with Crippen LogP contribution in [0.5, 0.6) is 11.5 Å². The number of hydrogen-bond acceptors (Lipinski definition) is 4. The molecule has 1 heterocycles. The minimum Gasteiger partial charge on any atom is -0.497 e. The number of aliphatic imine (C=N–C) groups is 1. The summed E-state index contributed by atoms with van der Waals surface area (Å²) in [5, 5.41) is 3.38. The minimum atomic E-state index is -0.273. The SMILES string of the molecule is COc1ccc(OC)c(/C=C2\N=C(c3ccc(Cl)cc3)NC2=O)c1. The number of hydrogen-bond donors (Lipinski definition) is 1. The van der Waals surface area contributed by atoms with Crippen LogP contribution < -0.4 is 14.8 Å². The van der Waals surface area contributed by atoms with Gasteiger partial charge in [-0.1, -0.05) is 11.6 Å². The van der Waals surface area contributed by atoms with E-state index in [2.05, 4.69) is 10.3 Å². The molecule has 5 nitrogen and oxygen atoms in total. The third-order valence-electron chi connectivity index (χ3n) is 3.54. The number of carbonyl (C=O) groups is 1. The van der Waals surface area contributed by atoms with Crippen molar-refractivity contribution in [2.75, 3.05) is 14.2 Å². The Morgan fingerprint density at radius 2 is 1.83 bits per heavy atom. The van der Waals surface area contributed by atoms with E-state index in [1.165, 1.54) is 0 Å². The fourth-order valence-electron chi connectivity index (χ4n) is 2.31. The topological polar surface area (TPSA) is 59.9 Å². The van der Waals surface area contributed by atoms with Crippen LogP contribution in [0.4, 0.5) is 0 Å². The second kappa shape index (κ2) is 6.76. The predicted octanol–water partition coefficient (Wildman–Crippen LogP) is 3.27. The van der Waals surface area contributed by atoms with E-state index in [0.717, 1.165) is 5.56 Å². The van der Waals surface area contributed by atoms with Gasteiger partial charge in [-0.3, -0.25) is 4.79 Å². The summed E-state index contributed by atoms with van der Waals surface area (Å²) in [5.41, 5.74) is 1.79. The average molecular weight is 343 g/mol. The first kappa shape index (κ1) is 16.1. The summed E-state index contributed by atoms with van der Waals surface area (Å²) >= 11 is 5.88. The van der Waals surface area contributed by atoms with Crippen LogP contribution in [0.3, 0.4) is 0 Å². The van der Waals surface area contributed by atoms with Crippen molar-refractivity contribution in [3.05, 3.63) is 64.3 Å². The number of methoxy groups -OCH3 is 2. The minimum absolute atomic E-state index is 0.273. The van der Waals surface area contributed by atoms with Crippen LogP contribution in [-0.4, -0.2) is 26.0 Å². The molecule has 1 aliphatic rings. The Labute approximate surface area is 144 Å². The Balaban J connectivity index is 1.98. The highest BCUT2D eigenvalue weighted by atomic mass is 35.5. The van der Waals surface area contributed by atoms with E-state index in [9.17, 15) is 4.79 Å². The van der Waals surface area contributed by atoms with Crippen molar-refractivity contribution in [3.63, 3.8) is 0 Å². The monoisotopic (exact) mass is 342 g/mol. The summed E-state index contributed by atoms with van der Waals surface area (Å²) in [4.78, 5) is 16.6. The van der Waals surface area contributed by atoms with Gasteiger partial charge < -0.3 is 14.8 Å². The van der Waals surface area contributed by atoms with Crippen LogP contribution in [0.25, 0.3) is 6.08 Å². The molecule has 0 saturated carbocycles. The van der Waals surface area contributed by atoms with E-state index in [0.29, 0.717) is 33.6 Å². The fraction of sp³-hybridized carbons (Fsp3) is 0.111. The van der Waals surface area contributed by atoms with Crippen LogP contribution in [0, 0.1) is 0 Å². The first-order valence-corrected chi connectivity index (χ1v) is 7.58. The van der Waals surface area contributed by atoms with Crippen LogP contribution >= 0.6 is 11.6 Å². The van der Waals surface area contributed by atoms with Crippen molar-refractivity contribution in [2.45, 2.75) is 0 Å². The zero-order valence-electron chi connectivity index (χ0n) is 13.2. The second-order valence-corrected chi connectivity index (χ2v) is 5.50. The molecule has 3 rings (SSSR count). The van der Waals surface area contributed by atoms with Gasteiger partial charge in [-0.15, -0.1) is 0 Å². The number of ether oxygens (including phenoxy) is 2. The maximum atomic E-state index is 12.2. The molecule has 0 unspecified atom stereocenters. The quantitative estimate of drug-likeness (QED) is 0.867. The highest BCUT2D eigenvalue weighted by Gasteiger charge is 2.21. The Morgan fingerprint density at radius 3 is 2.50 bits per heavy atom. The zero-order valence-corrected chi connectivity index (χ0v) is 13.9. The normalized spacial score (nSPS) is 15.2. The van der Waals surface area contributed by atoms with Crippen molar-refractivity contribution >= 4 is 29.4 Å². The van der Waals surface area contributed by atoms with Gasteiger partial charge in [0.2, 0.25) is 0 Å². The maximum absolute atomic E-state index is 12.2. The van der Waals surface area contributed by atoms with E-state index >= 15 is 0 Å². The first-order chi connectivity index (χ1) is 11.6. The highest BCUT2D eigenvalue weighted by Crippen LogP contribution is 2.27. The molecule has 0 aliphatic carbocycles. The molecule has 24 heavy (non-hydrogen) atoms. The van der Waals surface area contributed by atoms with Crippen LogP contribution in [0.2, 0.25) is 5.02 Å². The lowest BCUT2D eigenvalue weighted by Crippen LogP contribution is -2.24. The molecule has 0 fully saturated rings. The van der Waals surface area contributed by atoms with Gasteiger partial charge in [0.25, 0.3) is 5.91 Å². The van der Waals surface area contributed by atoms with Crippen molar-refractivity contribution in [1.29, 1.82) is 0 Å². The molecule has 2 aromatic rings. The van der Waals surface area contributed by atoms with Crippen molar-refractivity contribution < 1.29 is 14.3 Å². The number of nitrogens with one attached hydrogen (secondary N) is 1.